The summed E-state index contributed by atoms with van der Waals surface area (Å²) in [5.74, 6) is -0.178. The van der Waals surface area contributed by atoms with Crippen LogP contribution in [-0.2, 0) is 23.5 Å². The van der Waals surface area contributed by atoms with Gasteiger partial charge in [-0.15, -0.1) is 0 Å². The molecule has 2 aromatic rings. The van der Waals surface area contributed by atoms with Gasteiger partial charge in [0, 0.05) is 19.6 Å². The third-order valence-corrected chi connectivity index (χ3v) is 4.73. The van der Waals surface area contributed by atoms with E-state index in [1.807, 2.05) is 13.8 Å². The molecule has 1 aliphatic rings. The van der Waals surface area contributed by atoms with Gasteiger partial charge in [0.25, 0.3) is 0 Å². The van der Waals surface area contributed by atoms with Crippen molar-refractivity contribution in [1.29, 1.82) is 0 Å². The quantitative estimate of drug-likeness (QED) is 0.416. The minimum absolute atomic E-state index is 0.0136. The van der Waals surface area contributed by atoms with Crippen LogP contribution in [0.2, 0.25) is 0 Å². The molecule has 3 rings (SSSR count). The molecule has 1 saturated heterocycles. The molecular weight excluding hydrogens is 491 g/mol. The van der Waals surface area contributed by atoms with Crippen LogP contribution in [0.3, 0.4) is 0 Å². The summed E-state index contributed by atoms with van der Waals surface area (Å²) in [7, 11) is 0. The molecule has 0 radical (unpaired) electrons. The fourth-order valence-electron chi connectivity index (χ4n) is 2.75. The zero-order chi connectivity index (χ0) is 27.8. The van der Waals surface area contributed by atoms with Crippen LogP contribution in [-0.4, -0.2) is 42.5 Å². The summed E-state index contributed by atoms with van der Waals surface area (Å²) in [6.07, 6.45) is -8.02. The lowest BCUT2D eigenvalue weighted by atomic mass is 10.0. The number of aliphatic hydroxyl groups is 1. The van der Waals surface area contributed by atoms with Crippen LogP contribution in [0.1, 0.15) is 57.2 Å². The Bertz CT molecular complexity index is 793. The standard InChI is InChI=1S/C14H15F6NO2.C6H5F.C4H10.C2H6/c15-13(16,17)10-5-9(6-11(7-10)14(18,19)20)1-2-21-3-4-23-12(22)8-21;7-6-4-2-1-3-5-6;1-3-4-2;1-2/h5-7,12,22H,1-4,8H2;1-5H;3-4H2,1-2H3;1-2H3/t12-;;;/m1.../s1. The molecule has 36 heavy (non-hydrogen) atoms. The second-order valence-corrected chi connectivity index (χ2v) is 7.59. The zero-order valence-corrected chi connectivity index (χ0v) is 21.1. The maximum Gasteiger partial charge on any atom is 0.416 e. The van der Waals surface area contributed by atoms with E-state index in [9.17, 15) is 35.8 Å². The Morgan fingerprint density at radius 2 is 1.39 bits per heavy atom. The van der Waals surface area contributed by atoms with Gasteiger partial charge in [0.1, 0.15) is 5.82 Å². The minimum atomic E-state index is -4.84. The number of morpholine rings is 1. The highest BCUT2D eigenvalue weighted by atomic mass is 19.4. The van der Waals surface area contributed by atoms with Crippen molar-refractivity contribution in [3.8, 4) is 0 Å². The van der Waals surface area contributed by atoms with E-state index >= 15 is 0 Å². The Morgan fingerprint density at radius 3 is 1.75 bits per heavy atom. The van der Waals surface area contributed by atoms with Crippen molar-refractivity contribution in [3.63, 3.8) is 0 Å². The number of hydrogen-bond donors (Lipinski definition) is 1. The van der Waals surface area contributed by atoms with Crippen LogP contribution < -0.4 is 0 Å². The molecule has 0 bridgehead atoms. The number of hydrogen-bond acceptors (Lipinski definition) is 3. The molecule has 0 saturated carbocycles. The summed E-state index contributed by atoms with van der Waals surface area (Å²) >= 11 is 0. The lowest BCUT2D eigenvalue weighted by Crippen LogP contribution is -2.43. The summed E-state index contributed by atoms with van der Waals surface area (Å²) in [4.78, 5) is 1.72. The Kier molecular flexibility index (Phi) is 16.3. The van der Waals surface area contributed by atoms with E-state index in [2.05, 4.69) is 13.8 Å². The molecule has 2 aromatic carbocycles. The van der Waals surface area contributed by atoms with Crippen LogP contribution in [0.5, 0.6) is 0 Å². The second kappa shape index (κ2) is 17.3. The van der Waals surface area contributed by atoms with Gasteiger partial charge in [-0.1, -0.05) is 58.7 Å². The van der Waals surface area contributed by atoms with Crippen LogP contribution in [0.15, 0.2) is 48.5 Å². The normalized spacial score (nSPS) is 15.9. The molecule has 0 spiro atoms. The van der Waals surface area contributed by atoms with E-state index in [1.165, 1.54) is 25.0 Å². The maximum absolute atomic E-state index is 12.8. The van der Waals surface area contributed by atoms with Crippen LogP contribution in [0, 0.1) is 5.82 Å². The number of unbranched alkanes of at least 4 members (excludes halogenated alkanes) is 1. The second-order valence-electron chi connectivity index (χ2n) is 7.59. The fourth-order valence-corrected chi connectivity index (χ4v) is 2.75. The van der Waals surface area contributed by atoms with Crippen molar-refractivity contribution >= 4 is 0 Å². The van der Waals surface area contributed by atoms with Crippen molar-refractivity contribution in [2.75, 3.05) is 26.2 Å². The predicted octanol–water partition coefficient (Wildman–Crippen LogP) is 7.58. The number of halogens is 7. The number of β-amino-alcohol motifs (C(OH)–C–C–N with tert-alkyl or cyclic N) is 1. The fraction of sp³-hybridized carbons (Fsp3) is 0.538. The van der Waals surface area contributed by atoms with E-state index in [0.29, 0.717) is 6.54 Å². The largest absolute Gasteiger partial charge is 0.416 e. The first kappa shape index (κ1) is 33.8. The molecule has 1 atom stereocenters. The Balaban J connectivity index is 0.000000774. The number of ether oxygens (including phenoxy) is 1. The summed E-state index contributed by atoms with van der Waals surface area (Å²) in [5.41, 5.74) is -2.68. The average molecular weight is 528 g/mol. The van der Waals surface area contributed by atoms with Gasteiger partial charge in [-0.2, -0.15) is 26.3 Å². The molecule has 3 nitrogen and oxygen atoms in total. The van der Waals surface area contributed by atoms with Gasteiger partial charge < -0.3 is 9.84 Å². The van der Waals surface area contributed by atoms with Gasteiger partial charge in [0.15, 0.2) is 6.29 Å². The van der Waals surface area contributed by atoms with E-state index in [1.54, 1.807) is 23.1 Å². The monoisotopic (exact) mass is 527 g/mol. The molecule has 0 aromatic heterocycles. The molecule has 10 heteroatoms. The van der Waals surface area contributed by atoms with Gasteiger partial charge in [-0.3, -0.25) is 4.90 Å². The summed E-state index contributed by atoms with van der Waals surface area (Å²) in [6, 6.07) is 9.51. The number of alkyl halides is 6. The van der Waals surface area contributed by atoms with E-state index in [4.69, 9.17) is 4.74 Å². The zero-order valence-electron chi connectivity index (χ0n) is 21.1. The number of aliphatic hydroxyl groups excluding tert-OH is 1. The third-order valence-electron chi connectivity index (χ3n) is 4.73. The summed E-state index contributed by atoms with van der Waals surface area (Å²) in [6.45, 7) is 9.49. The molecule has 1 N–H and O–H groups in total. The van der Waals surface area contributed by atoms with Crippen LogP contribution >= 0.6 is 0 Å². The smallest absolute Gasteiger partial charge is 0.367 e. The minimum Gasteiger partial charge on any atom is -0.367 e. The van der Waals surface area contributed by atoms with Gasteiger partial charge in [0.2, 0.25) is 0 Å². The van der Waals surface area contributed by atoms with Crippen molar-refractivity contribution in [3.05, 3.63) is 71.0 Å². The Hall–Kier alpha value is -2.17. The first-order valence-electron chi connectivity index (χ1n) is 11.9. The summed E-state index contributed by atoms with van der Waals surface area (Å²) in [5, 5.41) is 9.32. The molecule has 206 valence electrons. The number of rotatable bonds is 4. The molecule has 0 unspecified atom stereocenters. The Morgan fingerprint density at radius 1 is 0.889 bits per heavy atom. The van der Waals surface area contributed by atoms with E-state index < -0.39 is 29.8 Å². The van der Waals surface area contributed by atoms with Crippen molar-refractivity contribution < 1.29 is 40.6 Å². The van der Waals surface area contributed by atoms with E-state index in [0.717, 1.165) is 12.1 Å². The highest BCUT2D eigenvalue weighted by molar-refractivity contribution is 5.33. The first-order valence-corrected chi connectivity index (χ1v) is 11.9. The van der Waals surface area contributed by atoms with Crippen molar-refractivity contribution in [2.45, 2.75) is 65.6 Å². The van der Waals surface area contributed by atoms with Gasteiger partial charge >= 0.3 is 12.4 Å². The van der Waals surface area contributed by atoms with Crippen LogP contribution in [0.4, 0.5) is 30.7 Å². The van der Waals surface area contributed by atoms with Crippen molar-refractivity contribution in [2.24, 2.45) is 0 Å². The SMILES string of the molecule is CC.CCCC.Fc1ccccc1.O[C@H]1CN(CCc2cc(C(F)(F)F)cc(C(F)(F)F)c2)CCO1. The summed E-state index contributed by atoms with van der Waals surface area (Å²) < 4.78 is 93.3. The highest BCUT2D eigenvalue weighted by Gasteiger charge is 2.36. The van der Waals surface area contributed by atoms with E-state index in [-0.39, 0.29) is 43.6 Å². The molecule has 1 heterocycles. The number of benzene rings is 2. The molecule has 0 amide bonds. The molecule has 1 aliphatic heterocycles. The maximum atomic E-state index is 12.8. The van der Waals surface area contributed by atoms with Gasteiger partial charge in [-0.05, 0) is 42.3 Å². The lowest BCUT2D eigenvalue weighted by molar-refractivity contribution is -0.145. The first-order chi connectivity index (χ1) is 16.9. The number of nitrogens with zero attached hydrogens (tertiary/aromatic N) is 1. The topological polar surface area (TPSA) is 32.7 Å². The highest BCUT2D eigenvalue weighted by Crippen LogP contribution is 2.36. The lowest BCUT2D eigenvalue weighted by Gasteiger charge is -2.30. The van der Waals surface area contributed by atoms with Crippen LogP contribution in [0.25, 0.3) is 0 Å². The van der Waals surface area contributed by atoms with Gasteiger partial charge in [-0.25, -0.2) is 4.39 Å². The predicted molar refractivity (Wildman–Crippen MR) is 127 cm³/mol. The molecule has 1 fully saturated rings. The molecular formula is C26H36F7NO2. The van der Waals surface area contributed by atoms with Crippen molar-refractivity contribution in [1.82, 2.24) is 4.90 Å². The average Bonchev–Trinajstić information content (AvgIpc) is 2.84. The van der Waals surface area contributed by atoms with Gasteiger partial charge in [0.05, 0.1) is 17.7 Å². The molecule has 0 aliphatic carbocycles. The third kappa shape index (κ3) is 14.4. The Labute approximate surface area is 208 Å².